The van der Waals surface area contributed by atoms with Crippen molar-refractivity contribution < 1.29 is 19.1 Å². The number of hydrogen-bond donors (Lipinski definition) is 2. The van der Waals surface area contributed by atoms with Crippen molar-refractivity contribution in [1.29, 1.82) is 0 Å². The fourth-order valence-corrected chi connectivity index (χ4v) is 3.14. The van der Waals surface area contributed by atoms with Crippen LogP contribution in [0, 0.1) is 0 Å². The van der Waals surface area contributed by atoms with E-state index >= 15 is 0 Å². The maximum atomic E-state index is 12.3. The zero-order valence-corrected chi connectivity index (χ0v) is 18.7. The van der Waals surface area contributed by atoms with Crippen LogP contribution in [0.5, 0.6) is 0 Å². The van der Waals surface area contributed by atoms with E-state index in [1.54, 1.807) is 24.3 Å². The van der Waals surface area contributed by atoms with Crippen molar-refractivity contribution in [3.8, 4) is 0 Å². The summed E-state index contributed by atoms with van der Waals surface area (Å²) in [6.07, 6.45) is -1.09. The topological polar surface area (TPSA) is 76.7 Å². The monoisotopic (exact) mass is 436 g/mol. The number of hydrogen-bond acceptors (Lipinski definition) is 4. The number of rotatable bonds is 6. The summed E-state index contributed by atoms with van der Waals surface area (Å²) in [6.45, 7) is 0.225. The van der Waals surface area contributed by atoms with Crippen molar-refractivity contribution in [3.05, 3.63) is 60.7 Å². The summed E-state index contributed by atoms with van der Waals surface area (Å²) in [5.74, 6) is -0.437. The zero-order valence-electron chi connectivity index (χ0n) is 18.7. The van der Waals surface area contributed by atoms with Crippen LogP contribution < -0.4 is 10.6 Å². The van der Waals surface area contributed by atoms with Crippen LogP contribution in [0.4, 0.5) is 21.0 Å². The highest BCUT2D eigenvalue weighted by Crippen LogP contribution is 2.24. The first-order valence-corrected chi connectivity index (χ1v) is 11.0. The van der Waals surface area contributed by atoms with E-state index < -0.39 is 12.2 Å². The number of ether oxygens (including phenoxy) is 2. The van der Waals surface area contributed by atoms with E-state index in [4.69, 9.17) is 9.47 Å². The van der Waals surface area contributed by atoms with Crippen molar-refractivity contribution >= 4 is 94.4 Å². The summed E-state index contributed by atoms with van der Waals surface area (Å²) >= 11 is 0. The second-order valence-electron chi connectivity index (χ2n) is 7.43. The Labute approximate surface area is 209 Å². The normalized spacial score (nSPS) is 17.3. The largest absolute Gasteiger partial charge is 0.450 e. The molecule has 16 heteroatoms. The van der Waals surface area contributed by atoms with Crippen molar-refractivity contribution in [1.82, 2.24) is 0 Å². The smallest absolute Gasteiger partial charge is 0.411 e. The number of carbonyl (C=O) groups excluding carboxylic acids is 2. The van der Waals surface area contributed by atoms with Crippen LogP contribution in [0.3, 0.4) is 0 Å². The summed E-state index contributed by atoms with van der Waals surface area (Å²) in [6, 6.07) is 18.2. The molecule has 2 aromatic rings. The molecule has 1 fully saturated rings. The third-order valence-corrected chi connectivity index (χ3v) is 4.90. The van der Waals surface area contributed by atoms with Crippen LogP contribution in [-0.2, 0) is 9.47 Å². The quantitative estimate of drug-likeness (QED) is 0.644. The molecule has 34 heavy (non-hydrogen) atoms. The molecule has 2 N–H and O–H groups in total. The van der Waals surface area contributed by atoms with E-state index in [1.165, 1.54) is 0 Å². The molecule has 1 heterocycles. The molecule has 2 atom stereocenters. The third kappa shape index (κ3) is 10.3. The number of anilines is 2. The molecule has 0 aromatic heterocycles. The predicted molar refractivity (Wildman–Crippen MR) is 148 cm³/mol. The van der Waals surface area contributed by atoms with Gasteiger partial charge in [0.2, 0.25) is 0 Å². The minimum Gasteiger partial charge on any atom is -0.450 e. The molecule has 10 radical (unpaired) electrons. The molecule has 0 spiro atoms. The second kappa shape index (κ2) is 15.5. The number of carbonyl (C=O) groups is 2. The summed E-state index contributed by atoms with van der Waals surface area (Å²) in [7, 11) is 19.1. The van der Waals surface area contributed by atoms with E-state index in [0.717, 1.165) is 0 Å². The number of benzene rings is 2. The van der Waals surface area contributed by atoms with Crippen molar-refractivity contribution in [3.63, 3.8) is 0 Å². The van der Waals surface area contributed by atoms with Gasteiger partial charge in [-0.3, -0.25) is 10.6 Å². The molecule has 0 aliphatic carbocycles. The predicted octanol–water partition coefficient (Wildman–Crippen LogP) is 0.351. The Bertz CT molecular complexity index is 799. The summed E-state index contributed by atoms with van der Waals surface area (Å²) < 4.78 is 11.0. The summed E-state index contributed by atoms with van der Waals surface area (Å²) in [5, 5.41) is 5.42. The molecule has 0 saturated carbocycles. The molecule has 1 aliphatic heterocycles. The number of amides is 2. The Morgan fingerprint density at radius 3 is 1.32 bits per heavy atom. The van der Waals surface area contributed by atoms with Crippen molar-refractivity contribution in [2.45, 2.75) is 11.6 Å². The van der Waals surface area contributed by atoms with Crippen LogP contribution in [-0.4, -0.2) is 96.2 Å². The first kappa shape index (κ1) is 26.2. The van der Waals surface area contributed by atoms with Gasteiger partial charge in [0.25, 0.3) is 0 Å². The lowest BCUT2D eigenvalue weighted by Crippen LogP contribution is -2.39. The maximum absolute atomic E-state index is 12.3. The second-order valence-corrected chi connectivity index (χ2v) is 7.43. The molecular formula is C18H18B10N2O4. The van der Waals surface area contributed by atoms with E-state index in [1.807, 2.05) is 107 Å². The standard InChI is InChI=1S/C18H18B10N2O4/c31-17(29-13-7-3-1-4-8-13)33-11-15-16(20-22-24-26-28-27-25-23-21-19-15)12-34-18(32)30-14-9-5-2-6-10-14/h1-10,15-16H,11-12H2,(H,29,31)(H,30,32). The fourth-order valence-electron chi connectivity index (χ4n) is 3.14. The Morgan fingerprint density at radius 2 is 0.941 bits per heavy atom. The Balaban J connectivity index is 1.57. The Morgan fingerprint density at radius 1 is 0.588 bits per heavy atom. The lowest BCUT2D eigenvalue weighted by atomic mass is 8.87. The molecule has 154 valence electrons. The lowest BCUT2D eigenvalue weighted by molar-refractivity contribution is 0.143. The molecule has 6 nitrogen and oxygen atoms in total. The van der Waals surface area contributed by atoms with E-state index in [9.17, 15) is 9.59 Å². The minimum atomic E-state index is -0.547. The average Bonchev–Trinajstić information content (AvgIpc) is 2.84. The Hall–Kier alpha value is -2.37. The van der Waals surface area contributed by atoms with Crippen molar-refractivity contribution in [2.75, 3.05) is 23.8 Å². The van der Waals surface area contributed by atoms with Crippen LogP contribution in [0.2, 0.25) is 11.6 Å². The van der Waals surface area contributed by atoms with Gasteiger partial charge in [-0.25, -0.2) is 9.59 Å². The molecule has 2 unspecified atom stereocenters. The van der Waals surface area contributed by atoms with Crippen LogP contribution in [0.15, 0.2) is 60.7 Å². The van der Waals surface area contributed by atoms with E-state index in [2.05, 4.69) is 10.6 Å². The highest BCUT2D eigenvalue weighted by atomic mass is 16.6. The molecule has 1 saturated heterocycles. The molecule has 0 bridgehead atoms. The highest BCUT2D eigenvalue weighted by Gasteiger charge is 2.25. The summed E-state index contributed by atoms with van der Waals surface area (Å²) in [4.78, 5) is 24.6. The molecular weight excluding hydrogens is 416 g/mol. The van der Waals surface area contributed by atoms with Crippen LogP contribution in [0.1, 0.15) is 0 Å². The van der Waals surface area contributed by atoms with E-state index in [-0.39, 0.29) is 24.8 Å². The zero-order chi connectivity index (χ0) is 23.8. The molecule has 3 rings (SSSR count). The van der Waals surface area contributed by atoms with Gasteiger partial charge in [-0.1, -0.05) is 36.4 Å². The fraction of sp³-hybridized carbons (Fsp3) is 0.222. The van der Waals surface area contributed by atoms with Crippen LogP contribution in [0.25, 0.3) is 0 Å². The van der Waals surface area contributed by atoms with Gasteiger partial charge in [0.05, 0.1) is 27.6 Å². The first-order valence-electron chi connectivity index (χ1n) is 11.0. The third-order valence-electron chi connectivity index (χ3n) is 4.90. The summed E-state index contributed by atoms with van der Waals surface area (Å²) in [5.41, 5.74) is 1.30. The molecule has 2 aromatic carbocycles. The minimum absolute atomic E-state index is 0.112. The maximum Gasteiger partial charge on any atom is 0.411 e. The average molecular weight is 434 g/mol. The van der Waals surface area contributed by atoms with Gasteiger partial charge in [0.1, 0.15) is 0 Å². The van der Waals surface area contributed by atoms with E-state index in [0.29, 0.717) is 11.4 Å². The van der Waals surface area contributed by atoms with Gasteiger partial charge in [-0.2, -0.15) is 0 Å². The van der Waals surface area contributed by atoms with Crippen molar-refractivity contribution in [2.24, 2.45) is 0 Å². The van der Waals surface area contributed by atoms with Gasteiger partial charge in [-0.05, 0) is 35.9 Å². The highest BCUT2D eigenvalue weighted by molar-refractivity contribution is 7.69. The molecule has 2 amide bonds. The Kier molecular flexibility index (Phi) is 12.0. The van der Waals surface area contributed by atoms with Gasteiger partial charge in [-0.15, -0.1) is 0 Å². The van der Waals surface area contributed by atoms with Crippen LogP contribution >= 0.6 is 0 Å². The SMILES string of the molecule is O=C(Nc1ccccc1)OCC1[B][B][B][B][B][B][B][B][B][B]C1COC(=O)Nc1ccccc1. The first-order chi connectivity index (χ1) is 16.7. The number of para-hydroxylation sites is 2. The van der Waals surface area contributed by atoms with Gasteiger partial charge >= 0.3 is 12.2 Å². The van der Waals surface area contributed by atoms with Gasteiger partial charge in [0, 0.05) is 67.9 Å². The molecule has 1 aliphatic rings. The van der Waals surface area contributed by atoms with Gasteiger partial charge in [0.15, 0.2) is 0 Å². The lowest BCUT2D eigenvalue weighted by Gasteiger charge is -2.27. The number of nitrogens with one attached hydrogen (secondary N) is 2. The van der Waals surface area contributed by atoms with Gasteiger partial charge < -0.3 is 9.47 Å².